The molecular formula is C12H14ClN3O. The normalized spacial score (nSPS) is 10.5. The van der Waals surface area contributed by atoms with E-state index in [0.717, 1.165) is 12.0 Å². The fraction of sp³-hybridized carbons (Fsp3) is 0.250. The minimum atomic E-state index is 0.559. The lowest BCUT2D eigenvalue weighted by atomic mass is 10.1. The van der Waals surface area contributed by atoms with Gasteiger partial charge in [-0.1, -0.05) is 23.7 Å². The Morgan fingerprint density at radius 3 is 2.94 bits per heavy atom. The standard InChI is InChI=1S/C12H14ClN3O/c1-16-8-10(7-15-16)17-12-9(5-6-14)3-2-4-11(12)13/h2-4,7-8H,5-6,14H2,1H3. The number of nitrogens with zero attached hydrogens (tertiary/aromatic N) is 2. The van der Waals surface area contributed by atoms with Gasteiger partial charge in [0.05, 0.1) is 17.4 Å². The van der Waals surface area contributed by atoms with Crippen molar-refractivity contribution >= 4 is 11.6 Å². The summed E-state index contributed by atoms with van der Waals surface area (Å²) in [5.74, 6) is 1.33. The number of aryl methyl sites for hydroxylation is 1. The van der Waals surface area contributed by atoms with E-state index in [1.165, 1.54) is 0 Å². The lowest BCUT2D eigenvalue weighted by Crippen LogP contribution is -2.04. The SMILES string of the molecule is Cn1cc(Oc2c(Cl)cccc2CCN)cn1. The maximum atomic E-state index is 6.13. The van der Waals surface area contributed by atoms with Crippen LogP contribution in [0.5, 0.6) is 11.5 Å². The molecular weight excluding hydrogens is 238 g/mol. The van der Waals surface area contributed by atoms with Gasteiger partial charge in [-0.25, -0.2) is 0 Å². The average molecular weight is 252 g/mol. The number of hydrogen-bond donors (Lipinski definition) is 1. The van der Waals surface area contributed by atoms with E-state index in [2.05, 4.69) is 5.10 Å². The van der Waals surface area contributed by atoms with Gasteiger partial charge in [0.1, 0.15) is 5.75 Å². The quantitative estimate of drug-likeness (QED) is 0.908. The zero-order chi connectivity index (χ0) is 12.3. The van der Waals surface area contributed by atoms with E-state index < -0.39 is 0 Å². The lowest BCUT2D eigenvalue weighted by molar-refractivity contribution is 0.476. The second-order valence-corrected chi connectivity index (χ2v) is 4.13. The van der Waals surface area contributed by atoms with E-state index in [1.807, 2.05) is 19.2 Å². The summed E-state index contributed by atoms with van der Waals surface area (Å²) in [5, 5.41) is 4.63. The molecule has 4 nitrogen and oxygen atoms in total. The minimum absolute atomic E-state index is 0.559. The molecule has 0 spiro atoms. The number of rotatable bonds is 4. The molecule has 90 valence electrons. The maximum Gasteiger partial charge on any atom is 0.165 e. The molecule has 2 rings (SSSR count). The van der Waals surface area contributed by atoms with Crippen LogP contribution in [0.4, 0.5) is 0 Å². The van der Waals surface area contributed by atoms with Gasteiger partial charge in [-0.2, -0.15) is 5.10 Å². The molecule has 2 N–H and O–H groups in total. The highest BCUT2D eigenvalue weighted by Gasteiger charge is 2.09. The summed E-state index contributed by atoms with van der Waals surface area (Å²) in [4.78, 5) is 0. The van der Waals surface area contributed by atoms with E-state index >= 15 is 0 Å². The van der Waals surface area contributed by atoms with Crippen LogP contribution in [0.2, 0.25) is 5.02 Å². The van der Waals surface area contributed by atoms with Gasteiger partial charge in [-0.15, -0.1) is 0 Å². The van der Waals surface area contributed by atoms with E-state index in [-0.39, 0.29) is 0 Å². The van der Waals surface area contributed by atoms with Gasteiger partial charge in [-0.05, 0) is 24.6 Å². The van der Waals surface area contributed by atoms with Crippen LogP contribution in [0.3, 0.4) is 0 Å². The van der Waals surface area contributed by atoms with Gasteiger partial charge < -0.3 is 10.5 Å². The van der Waals surface area contributed by atoms with Gasteiger partial charge in [0.25, 0.3) is 0 Å². The largest absolute Gasteiger partial charge is 0.452 e. The second-order valence-electron chi connectivity index (χ2n) is 3.72. The van der Waals surface area contributed by atoms with Crippen LogP contribution >= 0.6 is 11.6 Å². The number of para-hydroxylation sites is 1. The molecule has 0 fully saturated rings. The fourth-order valence-electron chi connectivity index (χ4n) is 1.59. The molecule has 17 heavy (non-hydrogen) atoms. The minimum Gasteiger partial charge on any atom is -0.452 e. The molecule has 0 aliphatic heterocycles. The number of nitrogens with two attached hydrogens (primary N) is 1. The van der Waals surface area contributed by atoms with Crippen molar-refractivity contribution in [2.75, 3.05) is 6.54 Å². The van der Waals surface area contributed by atoms with Gasteiger partial charge in [0.2, 0.25) is 0 Å². The Labute approximate surface area is 105 Å². The van der Waals surface area contributed by atoms with Crippen LogP contribution in [-0.4, -0.2) is 16.3 Å². The van der Waals surface area contributed by atoms with Gasteiger partial charge in [0.15, 0.2) is 5.75 Å². The molecule has 0 saturated heterocycles. The predicted molar refractivity (Wildman–Crippen MR) is 67.5 cm³/mol. The van der Waals surface area contributed by atoms with Crippen LogP contribution < -0.4 is 10.5 Å². The highest BCUT2D eigenvalue weighted by atomic mass is 35.5. The molecule has 0 saturated carbocycles. The third-order valence-electron chi connectivity index (χ3n) is 2.36. The van der Waals surface area contributed by atoms with Crippen molar-refractivity contribution in [1.82, 2.24) is 9.78 Å². The molecule has 2 aromatic rings. The van der Waals surface area contributed by atoms with Crippen molar-refractivity contribution in [2.24, 2.45) is 12.8 Å². The van der Waals surface area contributed by atoms with Crippen LogP contribution in [0.1, 0.15) is 5.56 Å². The first-order chi connectivity index (χ1) is 8.20. The molecule has 5 heteroatoms. The molecule has 0 aliphatic rings. The van der Waals surface area contributed by atoms with Crippen molar-refractivity contribution < 1.29 is 4.74 Å². The van der Waals surface area contributed by atoms with Crippen molar-refractivity contribution in [3.63, 3.8) is 0 Å². The number of halogens is 1. The maximum absolute atomic E-state index is 6.13. The van der Waals surface area contributed by atoms with Crippen LogP contribution in [0.15, 0.2) is 30.6 Å². The highest BCUT2D eigenvalue weighted by Crippen LogP contribution is 2.32. The topological polar surface area (TPSA) is 53.1 Å². The van der Waals surface area contributed by atoms with E-state index in [4.69, 9.17) is 22.1 Å². The average Bonchev–Trinajstić information content (AvgIpc) is 2.70. The summed E-state index contributed by atoms with van der Waals surface area (Å²) in [6, 6.07) is 5.65. The Morgan fingerprint density at radius 1 is 1.47 bits per heavy atom. The van der Waals surface area contributed by atoms with Crippen molar-refractivity contribution in [3.05, 3.63) is 41.2 Å². The van der Waals surface area contributed by atoms with Gasteiger partial charge in [0, 0.05) is 7.05 Å². The Balaban J connectivity index is 2.30. The van der Waals surface area contributed by atoms with E-state index in [9.17, 15) is 0 Å². The third kappa shape index (κ3) is 2.78. The molecule has 0 unspecified atom stereocenters. The van der Waals surface area contributed by atoms with Crippen molar-refractivity contribution in [1.29, 1.82) is 0 Å². The summed E-state index contributed by atoms with van der Waals surface area (Å²) >= 11 is 6.13. The molecule has 0 atom stereocenters. The first-order valence-electron chi connectivity index (χ1n) is 5.34. The smallest absolute Gasteiger partial charge is 0.165 e. The van der Waals surface area contributed by atoms with Gasteiger partial charge >= 0.3 is 0 Å². The summed E-state index contributed by atoms with van der Waals surface area (Å²) in [7, 11) is 1.83. The zero-order valence-electron chi connectivity index (χ0n) is 9.56. The van der Waals surface area contributed by atoms with Crippen LogP contribution in [0, 0.1) is 0 Å². The molecule has 1 aromatic carbocycles. The van der Waals surface area contributed by atoms with Crippen molar-refractivity contribution in [2.45, 2.75) is 6.42 Å². The Bertz CT molecular complexity index is 510. The zero-order valence-corrected chi connectivity index (χ0v) is 10.3. The summed E-state index contributed by atoms with van der Waals surface area (Å²) in [6.45, 7) is 0.559. The molecule has 0 radical (unpaired) electrons. The summed E-state index contributed by atoms with van der Waals surface area (Å²) < 4.78 is 7.42. The third-order valence-corrected chi connectivity index (χ3v) is 2.66. The van der Waals surface area contributed by atoms with Crippen LogP contribution in [-0.2, 0) is 13.5 Å². The monoisotopic (exact) mass is 251 g/mol. The number of hydrogen-bond acceptors (Lipinski definition) is 3. The molecule has 0 bridgehead atoms. The molecule has 1 heterocycles. The fourth-order valence-corrected chi connectivity index (χ4v) is 1.82. The number of benzene rings is 1. The molecule has 1 aromatic heterocycles. The lowest BCUT2D eigenvalue weighted by Gasteiger charge is -2.10. The first-order valence-corrected chi connectivity index (χ1v) is 5.72. The van der Waals surface area contributed by atoms with Crippen LogP contribution in [0.25, 0.3) is 0 Å². The number of ether oxygens (including phenoxy) is 1. The van der Waals surface area contributed by atoms with Gasteiger partial charge in [-0.3, -0.25) is 4.68 Å². The number of aromatic nitrogens is 2. The second kappa shape index (κ2) is 5.21. The Morgan fingerprint density at radius 2 is 2.29 bits per heavy atom. The highest BCUT2D eigenvalue weighted by molar-refractivity contribution is 6.32. The predicted octanol–water partition coefficient (Wildman–Crippen LogP) is 2.37. The molecule has 0 aliphatic carbocycles. The Hall–Kier alpha value is -1.52. The summed E-state index contributed by atoms with van der Waals surface area (Å²) in [5.41, 5.74) is 6.57. The molecule has 0 amide bonds. The van der Waals surface area contributed by atoms with E-state index in [0.29, 0.717) is 23.1 Å². The Kier molecular flexibility index (Phi) is 3.66. The van der Waals surface area contributed by atoms with Crippen molar-refractivity contribution in [3.8, 4) is 11.5 Å². The summed E-state index contributed by atoms with van der Waals surface area (Å²) in [6.07, 6.45) is 4.17. The first kappa shape index (κ1) is 12.0. The van der Waals surface area contributed by atoms with E-state index in [1.54, 1.807) is 23.1 Å².